The summed E-state index contributed by atoms with van der Waals surface area (Å²) in [5.74, 6) is 0. The fourth-order valence-electron chi connectivity index (χ4n) is 2.69. The number of fused-ring (bicyclic) bond motifs is 1. The number of nitrogens with one attached hydrogen (secondary N) is 2. The van der Waals surface area contributed by atoms with Crippen LogP contribution >= 0.6 is 0 Å². The van der Waals surface area contributed by atoms with Crippen molar-refractivity contribution >= 4 is 22.8 Å². The Balaban J connectivity index is 1.68. The highest BCUT2D eigenvalue weighted by Crippen LogP contribution is 2.18. The third-order valence-corrected chi connectivity index (χ3v) is 4.06. The molecule has 0 bridgehead atoms. The van der Waals surface area contributed by atoms with Gasteiger partial charge in [-0.05, 0) is 39.0 Å². The van der Waals surface area contributed by atoms with E-state index >= 15 is 0 Å². The molecule has 1 aromatic carbocycles. The zero-order valence-corrected chi connectivity index (χ0v) is 14.1. The Bertz CT molecular complexity index is 750. The van der Waals surface area contributed by atoms with Crippen molar-refractivity contribution in [1.29, 1.82) is 0 Å². The van der Waals surface area contributed by atoms with E-state index in [9.17, 15) is 4.79 Å². The number of rotatable bonds is 4. The highest BCUT2D eigenvalue weighted by Gasteiger charge is 2.30. The number of nitrogens with zero attached hydrogens (tertiary/aromatic N) is 2. The van der Waals surface area contributed by atoms with Gasteiger partial charge in [0.1, 0.15) is 6.10 Å². The maximum Gasteiger partial charge on any atom is 0.319 e. The van der Waals surface area contributed by atoms with Crippen molar-refractivity contribution in [2.75, 3.05) is 25.1 Å². The van der Waals surface area contributed by atoms with Crippen LogP contribution in [0.1, 0.15) is 18.3 Å². The minimum atomic E-state index is -0.286. The van der Waals surface area contributed by atoms with Crippen LogP contribution in [0.4, 0.5) is 10.5 Å². The van der Waals surface area contributed by atoms with Crippen LogP contribution in [0, 0.1) is 13.8 Å². The Hall–Kier alpha value is -2.25. The van der Waals surface area contributed by atoms with Crippen LogP contribution in [0.25, 0.3) is 11.0 Å². The van der Waals surface area contributed by atoms with Crippen molar-refractivity contribution in [3.05, 3.63) is 29.6 Å². The third-order valence-electron chi connectivity index (χ3n) is 4.06. The molecule has 0 unspecified atom stereocenters. The lowest BCUT2D eigenvalue weighted by molar-refractivity contribution is 0.0428. The van der Waals surface area contributed by atoms with Crippen molar-refractivity contribution in [2.24, 2.45) is 0 Å². The molecule has 1 fully saturated rings. The number of hydrogen-bond donors (Lipinski definition) is 2. The summed E-state index contributed by atoms with van der Waals surface area (Å²) in [7, 11) is 0. The Kier molecular flexibility index (Phi) is 4.92. The molecule has 128 valence electrons. The van der Waals surface area contributed by atoms with Gasteiger partial charge in [0.15, 0.2) is 0 Å². The third kappa shape index (κ3) is 3.63. The van der Waals surface area contributed by atoms with Crippen molar-refractivity contribution in [3.8, 4) is 0 Å². The molecule has 0 saturated carbocycles. The molecule has 0 spiro atoms. The quantitative estimate of drug-likeness (QED) is 0.897. The summed E-state index contributed by atoms with van der Waals surface area (Å²) >= 11 is 0. The van der Waals surface area contributed by atoms with Gasteiger partial charge in [-0.2, -0.15) is 0 Å². The molecule has 1 aromatic heterocycles. The first kappa shape index (κ1) is 16.6. The minimum absolute atomic E-state index is 0.103. The van der Waals surface area contributed by atoms with Gasteiger partial charge in [-0.3, -0.25) is 0 Å². The summed E-state index contributed by atoms with van der Waals surface area (Å²) < 4.78 is 10.9. The van der Waals surface area contributed by atoms with Gasteiger partial charge in [0.05, 0.1) is 41.7 Å². The summed E-state index contributed by atoms with van der Waals surface area (Å²) in [4.78, 5) is 21.2. The Morgan fingerprint density at radius 1 is 1.25 bits per heavy atom. The number of urea groups is 1. The molecule has 3 rings (SSSR count). The predicted octanol–water partition coefficient (Wildman–Crippen LogP) is 2.17. The van der Waals surface area contributed by atoms with Gasteiger partial charge in [-0.25, -0.2) is 14.8 Å². The van der Waals surface area contributed by atoms with Gasteiger partial charge in [0, 0.05) is 12.3 Å². The number of benzene rings is 1. The predicted molar refractivity (Wildman–Crippen MR) is 91.2 cm³/mol. The molecular weight excluding hydrogens is 308 g/mol. The van der Waals surface area contributed by atoms with Crippen LogP contribution in [0.2, 0.25) is 0 Å². The fraction of sp³-hybridized carbons (Fsp3) is 0.471. The van der Waals surface area contributed by atoms with E-state index in [-0.39, 0.29) is 18.2 Å². The van der Waals surface area contributed by atoms with Crippen LogP contribution in [-0.2, 0) is 9.47 Å². The van der Waals surface area contributed by atoms with Crippen LogP contribution in [0.3, 0.4) is 0 Å². The lowest BCUT2D eigenvalue weighted by Crippen LogP contribution is -2.45. The molecule has 2 heterocycles. The molecule has 0 aliphatic carbocycles. The molecule has 1 saturated heterocycles. The van der Waals surface area contributed by atoms with E-state index < -0.39 is 0 Å². The lowest BCUT2D eigenvalue weighted by Gasteiger charge is -2.19. The van der Waals surface area contributed by atoms with E-state index in [0.29, 0.717) is 25.5 Å². The first-order valence-electron chi connectivity index (χ1n) is 8.08. The highest BCUT2D eigenvalue weighted by atomic mass is 16.5. The number of carbonyl (C=O) groups is 1. The van der Waals surface area contributed by atoms with Gasteiger partial charge >= 0.3 is 6.03 Å². The normalized spacial score (nSPS) is 20.3. The van der Waals surface area contributed by atoms with E-state index in [1.165, 1.54) is 0 Å². The van der Waals surface area contributed by atoms with Crippen molar-refractivity contribution in [1.82, 2.24) is 15.3 Å². The number of anilines is 1. The van der Waals surface area contributed by atoms with Gasteiger partial charge in [-0.15, -0.1) is 0 Å². The van der Waals surface area contributed by atoms with Crippen LogP contribution in [0.15, 0.2) is 18.2 Å². The molecule has 2 aromatic rings. The van der Waals surface area contributed by atoms with E-state index in [4.69, 9.17) is 9.47 Å². The SMILES string of the molecule is CCO[C@H]1COC[C@@H]1NC(=O)Nc1ccc2nc(C)c(C)nc2c1. The Morgan fingerprint density at radius 3 is 2.75 bits per heavy atom. The van der Waals surface area contributed by atoms with E-state index in [0.717, 1.165) is 22.4 Å². The minimum Gasteiger partial charge on any atom is -0.376 e. The zero-order chi connectivity index (χ0) is 17.1. The van der Waals surface area contributed by atoms with E-state index in [1.807, 2.05) is 39.0 Å². The molecule has 7 nitrogen and oxygen atoms in total. The molecule has 24 heavy (non-hydrogen) atoms. The van der Waals surface area contributed by atoms with Gasteiger partial charge in [0.2, 0.25) is 0 Å². The second-order valence-corrected chi connectivity index (χ2v) is 5.83. The second kappa shape index (κ2) is 7.11. The number of aromatic nitrogens is 2. The average Bonchev–Trinajstić information content (AvgIpc) is 2.96. The largest absolute Gasteiger partial charge is 0.376 e. The van der Waals surface area contributed by atoms with Crippen molar-refractivity contribution < 1.29 is 14.3 Å². The van der Waals surface area contributed by atoms with Crippen molar-refractivity contribution in [3.63, 3.8) is 0 Å². The molecule has 1 aliphatic rings. The summed E-state index contributed by atoms with van der Waals surface area (Å²) in [6.07, 6.45) is -0.103. The number of carbonyl (C=O) groups excluding carboxylic acids is 1. The number of aryl methyl sites for hydroxylation is 2. The summed E-state index contributed by atoms with van der Waals surface area (Å²) in [5, 5.41) is 5.72. The summed E-state index contributed by atoms with van der Waals surface area (Å²) in [6.45, 7) is 7.33. The molecule has 2 amide bonds. The maximum atomic E-state index is 12.2. The van der Waals surface area contributed by atoms with Crippen LogP contribution < -0.4 is 10.6 Å². The van der Waals surface area contributed by atoms with E-state index in [1.54, 1.807) is 0 Å². The standard InChI is InChI=1S/C17H22N4O3/c1-4-24-16-9-23-8-15(16)21-17(22)20-12-5-6-13-14(7-12)19-11(3)10(2)18-13/h5-7,15-16H,4,8-9H2,1-3H3,(H2,20,21,22)/t15-,16-/m0/s1. The summed E-state index contributed by atoms with van der Waals surface area (Å²) in [6, 6.07) is 5.06. The molecule has 2 N–H and O–H groups in total. The number of hydrogen-bond acceptors (Lipinski definition) is 5. The molecule has 7 heteroatoms. The fourth-order valence-corrected chi connectivity index (χ4v) is 2.69. The van der Waals surface area contributed by atoms with Gasteiger partial charge in [0.25, 0.3) is 0 Å². The van der Waals surface area contributed by atoms with E-state index in [2.05, 4.69) is 20.6 Å². The molecule has 1 aliphatic heterocycles. The Morgan fingerprint density at radius 2 is 2.00 bits per heavy atom. The number of ether oxygens (including phenoxy) is 2. The van der Waals surface area contributed by atoms with Crippen LogP contribution in [-0.4, -0.2) is 48.0 Å². The smallest absolute Gasteiger partial charge is 0.319 e. The topological polar surface area (TPSA) is 85.4 Å². The zero-order valence-electron chi connectivity index (χ0n) is 14.1. The maximum absolute atomic E-state index is 12.2. The van der Waals surface area contributed by atoms with Crippen LogP contribution in [0.5, 0.6) is 0 Å². The summed E-state index contributed by atoms with van der Waals surface area (Å²) in [5.41, 5.74) is 4.03. The molecule has 2 atom stereocenters. The molecule has 0 radical (unpaired) electrons. The Labute approximate surface area is 140 Å². The lowest BCUT2D eigenvalue weighted by atomic mass is 10.2. The second-order valence-electron chi connectivity index (χ2n) is 5.83. The molecular formula is C17H22N4O3. The van der Waals surface area contributed by atoms with Gasteiger partial charge in [-0.1, -0.05) is 0 Å². The first-order valence-corrected chi connectivity index (χ1v) is 8.08. The average molecular weight is 330 g/mol. The highest BCUT2D eigenvalue weighted by molar-refractivity contribution is 5.92. The first-order chi connectivity index (χ1) is 11.6. The van der Waals surface area contributed by atoms with Crippen molar-refractivity contribution in [2.45, 2.75) is 32.9 Å². The van der Waals surface area contributed by atoms with Gasteiger partial charge < -0.3 is 20.1 Å². The number of amides is 2. The monoisotopic (exact) mass is 330 g/mol.